The quantitative estimate of drug-likeness (QED) is 0.0222. The van der Waals surface area contributed by atoms with Gasteiger partial charge in [0.2, 0.25) is 0 Å². The molecular formula is C80H156O17P2. The molecule has 0 aromatic rings. The number of rotatable bonds is 77. The lowest BCUT2D eigenvalue weighted by Crippen LogP contribution is -2.30. The van der Waals surface area contributed by atoms with E-state index in [9.17, 15) is 43.2 Å². The van der Waals surface area contributed by atoms with E-state index in [1.807, 2.05) is 0 Å². The Balaban J connectivity index is 5.17. The van der Waals surface area contributed by atoms with Gasteiger partial charge in [0, 0.05) is 25.7 Å². The molecule has 0 rings (SSSR count). The molecule has 0 saturated carbocycles. The Morgan fingerprint density at radius 3 is 0.717 bits per heavy atom. The molecule has 0 radical (unpaired) electrons. The number of phosphoric ester groups is 2. The Morgan fingerprint density at radius 2 is 0.485 bits per heavy atom. The minimum absolute atomic E-state index is 0.107. The monoisotopic (exact) mass is 1450 g/mol. The summed E-state index contributed by atoms with van der Waals surface area (Å²) >= 11 is 0. The van der Waals surface area contributed by atoms with Crippen LogP contribution in [0.2, 0.25) is 0 Å². The topological polar surface area (TPSA) is 237 Å². The summed E-state index contributed by atoms with van der Waals surface area (Å²) in [5.41, 5.74) is 0. The summed E-state index contributed by atoms with van der Waals surface area (Å²) < 4.78 is 68.6. The summed E-state index contributed by atoms with van der Waals surface area (Å²) in [4.78, 5) is 72.9. The van der Waals surface area contributed by atoms with Crippen LogP contribution in [-0.2, 0) is 65.4 Å². The molecule has 0 aromatic carbocycles. The van der Waals surface area contributed by atoms with Crippen molar-refractivity contribution in [3.8, 4) is 0 Å². The second kappa shape index (κ2) is 69.1. The molecule has 0 bridgehead atoms. The van der Waals surface area contributed by atoms with Crippen molar-refractivity contribution < 1.29 is 80.2 Å². The summed E-state index contributed by atoms with van der Waals surface area (Å²) in [5.74, 6) is 0.953. The summed E-state index contributed by atoms with van der Waals surface area (Å²) in [6.45, 7) is 14.2. The van der Waals surface area contributed by atoms with Gasteiger partial charge >= 0.3 is 39.5 Å². The Kier molecular flexibility index (Phi) is 67.8. The van der Waals surface area contributed by atoms with E-state index >= 15 is 0 Å². The maximum atomic E-state index is 13.1. The molecule has 4 unspecified atom stereocenters. The number of carbonyl (C=O) groups excluding carboxylic acids is 4. The van der Waals surface area contributed by atoms with Crippen LogP contribution in [0, 0.1) is 23.7 Å². The van der Waals surface area contributed by atoms with Gasteiger partial charge in [0.1, 0.15) is 19.3 Å². The van der Waals surface area contributed by atoms with Gasteiger partial charge in [0.25, 0.3) is 0 Å². The third-order valence-corrected chi connectivity index (χ3v) is 20.8. The standard InChI is InChI=1S/C80H156O17P2/c1-9-73(8)59-51-43-34-27-23-19-16-17-21-25-29-37-47-55-62-79(84)96-75(66-90-77(82)60-52-44-35-31-30-33-41-49-57-71(4)5)68-94-98(86,87)92-64-74(81)65-93-99(88,89)95-69-76(67-91-78(83)61-53-45-39-38-42-50-58-72(6)7)97-80(85)63-54-46-36-28-24-20-15-13-11-10-12-14-18-22-26-32-40-48-56-70(2)3/h70-76,81H,9-69H2,1-8H3,(H,86,87)(H,88,89)/t73?,74?,75-,76-/m1/s1. The van der Waals surface area contributed by atoms with Crippen LogP contribution >= 0.6 is 15.6 Å². The third-order valence-electron chi connectivity index (χ3n) is 18.9. The zero-order valence-electron chi connectivity index (χ0n) is 65.1. The Labute approximate surface area is 607 Å². The van der Waals surface area contributed by atoms with Crippen molar-refractivity contribution in [3.05, 3.63) is 0 Å². The van der Waals surface area contributed by atoms with Crippen LogP contribution < -0.4 is 0 Å². The van der Waals surface area contributed by atoms with Gasteiger partial charge in [-0.05, 0) is 49.4 Å². The van der Waals surface area contributed by atoms with E-state index < -0.39 is 97.5 Å². The van der Waals surface area contributed by atoms with E-state index in [0.717, 1.165) is 114 Å². The number of esters is 4. The summed E-state index contributed by atoms with van der Waals surface area (Å²) in [6, 6.07) is 0. The van der Waals surface area contributed by atoms with Crippen LogP contribution in [0.5, 0.6) is 0 Å². The molecule has 0 heterocycles. The Hall–Kier alpha value is -1.94. The molecule has 0 aliphatic heterocycles. The maximum absolute atomic E-state index is 13.1. The van der Waals surface area contributed by atoms with Crippen LogP contribution in [0.1, 0.15) is 409 Å². The van der Waals surface area contributed by atoms with E-state index in [0.29, 0.717) is 31.6 Å². The van der Waals surface area contributed by atoms with E-state index in [4.69, 9.17) is 37.0 Å². The van der Waals surface area contributed by atoms with Gasteiger partial charge in [-0.3, -0.25) is 37.3 Å². The molecule has 0 aliphatic rings. The highest BCUT2D eigenvalue weighted by Crippen LogP contribution is 2.45. The lowest BCUT2D eigenvalue weighted by molar-refractivity contribution is -0.161. The predicted molar refractivity (Wildman–Crippen MR) is 404 cm³/mol. The molecule has 0 saturated heterocycles. The highest BCUT2D eigenvalue weighted by atomic mass is 31.2. The van der Waals surface area contributed by atoms with Gasteiger partial charge in [-0.15, -0.1) is 0 Å². The second-order valence-electron chi connectivity index (χ2n) is 30.5. The van der Waals surface area contributed by atoms with E-state index in [2.05, 4.69) is 55.4 Å². The van der Waals surface area contributed by atoms with Crippen molar-refractivity contribution in [1.29, 1.82) is 0 Å². The number of hydrogen-bond acceptors (Lipinski definition) is 15. The van der Waals surface area contributed by atoms with E-state index in [1.165, 1.54) is 205 Å². The fraction of sp³-hybridized carbons (Fsp3) is 0.950. The van der Waals surface area contributed by atoms with Gasteiger partial charge in [-0.2, -0.15) is 0 Å². The maximum Gasteiger partial charge on any atom is 0.472 e. The fourth-order valence-electron chi connectivity index (χ4n) is 12.2. The number of unbranched alkanes of at least 4 members (excludes halogenated alkanes) is 42. The van der Waals surface area contributed by atoms with Gasteiger partial charge in [-0.25, -0.2) is 9.13 Å². The SMILES string of the molecule is CCC(C)CCCCCCCCCCCCCCCCC(=O)O[C@H](COC(=O)CCCCCCCCCCC(C)C)COP(=O)(O)OCC(O)COP(=O)(O)OC[C@@H](COC(=O)CCCCCCCCC(C)C)OC(=O)CCCCCCCCCCCCCCCCCCCCC(C)C. The molecule has 588 valence electrons. The predicted octanol–water partition coefficient (Wildman–Crippen LogP) is 23.6. The number of hydrogen-bond donors (Lipinski definition) is 3. The van der Waals surface area contributed by atoms with Crippen LogP contribution in [0.4, 0.5) is 0 Å². The average molecular weight is 1450 g/mol. The first-order valence-corrected chi connectivity index (χ1v) is 44.2. The Morgan fingerprint density at radius 1 is 0.283 bits per heavy atom. The molecule has 0 amide bonds. The molecule has 6 atom stereocenters. The highest BCUT2D eigenvalue weighted by molar-refractivity contribution is 7.47. The van der Waals surface area contributed by atoms with Crippen molar-refractivity contribution in [2.24, 2.45) is 23.7 Å². The number of aliphatic hydroxyl groups excluding tert-OH is 1. The van der Waals surface area contributed by atoms with Crippen molar-refractivity contribution >= 4 is 39.5 Å². The van der Waals surface area contributed by atoms with Crippen molar-refractivity contribution in [2.45, 2.75) is 427 Å². The highest BCUT2D eigenvalue weighted by Gasteiger charge is 2.30. The number of phosphoric acid groups is 2. The van der Waals surface area contributed by atoms with Crippen LogP contribution in [-0.4, -0.2) is 96.7 Å². The number of ether oxygens (including phenoxy) is 4. The Bertz CT molecular complexity index is 1940. The molecule has 0 spiro atoms. The minimum Gasteiger partial charge on any atom is -0.462 e. The normalized spacial score (nSPS) is 14.3. The second-order valence-corrected chi connectivity index (χ2v) is 33.4. The third kappa shape index (κ3) is 72.8. The largest absolute Gasteiger partial charge is 0.472 e. The molecule has 0 aliphatic carbocycles. The van der Waals surface area contributed by atoms with Gasteiger partial charge in [-0.1, -0.05) is 357 Å². The van der Waals surface area contributed by atoms with Crippen LogP contribution in [0.15, 0.2) is 0 Å². The molecule has 3 N–H and O–H groups in total. The first-order chi connectivity index (χ1) is 47.6. The summed E-state index contributed by atoms with van der Waals surface area (Å²) in [6.07, 6.45) is 55.8. The summed E-state index contributed by atoms with van der Waals surface area (Å²) in [5, 5.41) is 10.6. The summed E-state index contributed by atoms with van der Waals surface area (Å²) in [7, 11) is -9.92. The zero-order valence-corrected chi connectivity index (χ0v) is 66.9. The lowest BCUT2D eigenvalue weighted by Gasteiger charge is -2.21. The molecule has 0 aromatic heterocycles. The van der Waals surface area contributed by atoms with Crippen molar-refractivity contribution in [2.75, 3.05) is 39.6 Å². The zero-order chi connectivity index (χ0) is 73.1. The van der Waals surface area contributed by atoms with Crippen molar-refractivity contribution in [1.82, 2.24) is 0 Å². The van der Waals surface area contributed by atoms with Gasteiger partial charge in [0.05, 0.1) is 26.4 Å². The molecule has 99 heavy (non-hydrogen) atoms. The smallest absolute Gasteiger partial charge is 0.462 e. The molecule has 17 nitrogen and oxygen atoms in total. The first-order valence-electron chi connectivity index (χ1n) is 41.2. The average Bonchev–Trinajstić information content (AvgIpc) is 0.990. The first kappa shape index (κ1) is 97.1. The number of carbonyl (C=O) groups is 4. The molecule has 0 fully saturated rings. The van der Waals surface area contributed by atoms with Crippen LogP contribution in [0.3, 0.4) is 0 Å². The van der Waals surface area contributed by atoms with Gasteiger partial charge in [0.15, 0.2) is 12.2 Å². The van der Waals surface area contributed by atoms with E-state index in [-0.39, 0.29) is 25.7 Å². The van der Waals surface area contributed by atoms with Crippen molar-refractivity contribution in [3.63, 3.8) is 0 Å². The lowest BCUT2D eigenvalue weighted by atomic mass is 9.99. The van der Waals surface area contributed by atoms with Crippen LogP contribution in [0.25, 0.3) is 0 Å². The molecular weight excluding hydrogens is 1290 g/mol. The minimum atomic E-state index is -4.96. The molecule has 19 heteroatoms. The fourth-order valence-corrected chi connectivity index (χ4v) is 13.8. The number of aliphatic hydroxyl groups is 1. The van der Waals surface area contributed by atoms with Gasteiger partial charge < -0.3 is 33.8 Å². The van der Waals surface area contributed by atoms with E-state index in [1.54, 1.807) is 0 Å².